The summed E-state index contributed by atoms with van der Waals surface area (Å²) in [6.45, 7) is 7.37. The van der Waals surface area contributed by atoms with Crippen LogP contribution in [0.1, 0.15) is 42.4 Å². The number of hydrogen-bond donors (Lipinski definition) is 1. The van der Waals surface area contributed by atoms with E-state index in [0.29, 0.717) is 23.3 Å². The summed E-state index contributed by atoms with van der Waals surface area (Å²) in [6, 6.07) is 15.7. The normalized spacial score (nSPS) is 14.4. The third-order valence-electron chi connectivity index (χ3n) is 6.54. The number of benzene rings is 2. The van der Waals surface area contributed by atoms with Gasteiger partial charge in [-0.15, -0.1) is 11.3 Å². The van der Waals surface area contributed by atoms with Gasteiger partial charge in [0.2, 0.25) is 0 Å². The van der Waals surface area contributed by atoms with E-state index in [2.05, 4.69) is 45.0 Å². The lowest BCUT2D eigenvalue weighted by molar-refractivity contribution is -0.123. The number of esters is 1. The Morgan fingerprint density at radius 3 is 2.59 bits per heavy atom. The Balaban J connectivity index is 1.35. The third kappa shape index (κ3) is 5.44. The number of aromatic nitrogens is 2. The molecule has 5 rings (SSSR count). The molecule has 1 N–H and O–H groups in total. The predicted molar refractivity (Wildman–Crippen MR) is 150 cm³/mol. The highest BCUT2D eigenvalue weighted by Gasteiger charge is 2.29. The molecule has 2 aromatic carbocycles. The van der Waals surface area contributed by atoms with E-state index in [4.69, 9.17) is 9.72 Å². The van der Waals surface area contributed by atoms with Crippen LogP contribution in [0.25, 0.3) is 22.2 Å². The number of nitrogens with one attached hydrogen (secondary N) is 1. The van der Waals surface area contributed by atoms with Crippen LogP contribution in [0.4, 0.5) is 5.13 Å². The van der Waals surface area contributed by atoms with E-state index in [1.54, 1.807) is 6.92 Å². The number of anilines is 1. The Kier molecular flexibility index (Phi) is 7.37. The number of thiazole rings is 1. The van der Waals surface area contributed by atoms with Crippen LogP contribution in [0.5, 0.6) is 0 Å². The van der Waals surface area contributed by atoms with Gasteiger partial charge in [0.1, 0.15) is 0 Å². The molecule has 0 saturated carbocycles. The minimum atomic E-state index is -1.00. The number of hydrogen-bond acceptors (Lipinski definition) is 7. The first kappa shape index (κ1) is 25.5. The zero-order valence-electron chi connectivity index (χ0n) is 20.8. The highest BCUT2D eigenvalue weighted by molar-refractivity contribution is 9.10. The second-order valence-electron chi connectivity index (χ2n) is 9.33. The monoisotopic (exact) mass is 578 g/mol. The number of fused-ring (bicyclic) bond motifs is 2. The van der Waals surface area contributed by atoms with E-state index in [0.717, 1.165) is 50.9 Å². The molecule has 1 aliphatic rings. The van der Waals surface area contributed by atoms with Crippen molar-refractivity contribution in [2.24, 2.45) is 0 Å². The second-order valence-corrected chi connectivity index (χ2v) is 11.1. The van der Waals surface area contributed by atoms with Gasteiger partial charge in [0, 0.05) is 57.6 Å². The van der Waals surface area contributed by atoms with Crippen molar-refractivity contribution in [1.82, 2.24) is 14.9 Å². The highest BCUT2D eigenvalue weighted by atomic mass is 79.9. The average Bonchev–Trinajstić information content (AvgIpc) is 3.35. The molecule has 2 aromatic heterocycles. The molecular weight excluding hydrogens is 552 g/mol. The SMILES string of the molecule is CC(OC(=O)c1c2c(nc3ccccc13)CCN(C(C)C)C2)C(=O)Nc1nc(-c2ccc(Br)cc2)cs1. The summed E-state index contributed by atoms with van der Waals surface area (Å²) in [7, 11) is 0. The summed E-state index contributed by atoms with van der Waals surface area (Å²) in [4.78, 5) is 38.1. The first-order valence-electron chi connectivity index (χ1n) is 12.2. The molecule has 0 bridgehead atoms. The molecule has 1 atom stereocenters. The summed E-state index contributed by atoms with van der Waals surface area (Å²) in [5.41, 5.74) is 4.77. The van der Waals surface area contributed by atoms with Gasteiger partial charge in [-0.25, -0.2) is 9.78 Å². The number of ether oxygens (including phenoxy) is 1. The summed E-state index contributed by atoms with van der Waals surface area (Å²) < 4.78 is 6.70. The van der Waals surface area contributed by atoms with Crippen LogP contribution in [0, 0.1) is 0 Å². The zero-order valence-corrected chi connectivity index (χ0v) is 23.2. The lowest BCUT2D eigenvalue weighted by Crippen LogP contribution is -2.37. The van der Waals surface area contributed by atoms with Crippen LogP contribution in [0.15, 0.2) is 58.4 Å². The fraction of sp³-hybridized carbons (Fsp3) is 0.286. The molecule has 0 spiro atoms. The maximum Gasteiger partial charge on any atom is 0.339 e. The topological polar surface area (TPSA) is 84.4 Å². The molecule has 3 heterocycles. The van der Waals surface area contributed by atoms with Crippen molar-refractivity contribution in [2.45, 2.75) is 45.9 Å². The van der Waals surface area contributed by atoms with Crippen LogP contribution in [-0.2, 0) is 22.5 Å². The summed E-state index contributed by atoms with van der Waals surface area (Å²) in [5, 5.41) is 5.85. The Labute approximate surface area is 228 Å². The Hall–Kier alpha value is -3.14. The summed E-state index contributed by atoms with van der Waals surface area (Å²) in [5.74, 6) is -0.945. The van der Waals surface area contributed by atoms with Crippen LogP contribution < -0.4 is 5.32 Å². The minimum absolute atomic E-state index is 0.341. The van der Waals surface area contributed by atoms with Crippen LogP contribution in [0.2, 0.25) is 0 Å². The quantitative estimate of drug-likeness (QED) is 0.279. The summed E-state index contributed by atoms with van der Waals surface area (Å²) in [6.07, 6.45) is -0.237. The molecule has 37 heavy (non-hydrogen) atoms. The average molecular weight is 580 g/mol. The molecule has 0 saturated heterocycles. The van der Waals surface area contributed by atoms with Gasteiger partial charge in [-0.3, -0.25) is 20.0 Å². The van der Waals surface area contributed by atoms with E-state index in [-0.39, 0.29) is 0 Å². The lowest BCUT2D eigenvalue weighted by atomic mass is 9.95. The van der Waals surface area contributed by atoms with Crippen molar-refractivity contribution in [3.63, 3.8) is 0 Å². The van der Waals surface area contributed by atoms with Crippen molar-refractivity contribution in [3.8, 4) is 11.3 Å². The second kappa shape index (κ2) is 10.7. The number of halogens is 1. The molecule has 7 nitrogen and oxygen atoms in total. The van der Waals surface area contributed by atoms with Crippen LogP contribution in [0.3, 0.4) is 0 Å². The maximum atomic E-state index is 13.5. The Morgan fingerprint density at radius 2 is 1.84 bits per heavy atom. The molecular formula is C28H27BrN4O3S. The van der Waals surface area contributed by atoms with Gasteiger partial charge in [0.05, 0.1) is 16.8 Å². The minimum Gasteiger partial charge on any atom is -0.449 e. The van der Waals surface area contributed by atoms with Crippen molar-refractivity contribution in [3.05, 3.63) is 75.2 Å². The van der Waals surface area contributed by atoms with Gasteiger partial charge in [-0.1, -0.05) is 46.3 Å². The molecule has 4 aromatic rings. The Bertz CT molecular complexity index is 1470. The van der Waals surface area contributed by atoms with Gasteiger partial charge >= 0.3 is 5.97 Å². The van der Waals surface area contributed by atoms with E-state index in [1.165, 1.54) is 11.3 Å². The molecule has 0 fully saturated rings. The first-order valence-corrected chi connectivity index (χ1v) is 13.8. The van der Waals surface area contributed by atoms with Gasteiger partial charge in [-0.05, 0) is 39.0 Å². The maximum absolute atomic E-state index is 13.5. The van der Waals surface area contributed by atoms with Gasteiger partial charge in [-0.2, -0.15) is 0 Å². The third-order valence-corrected chi connectivity index (χ3v) is 7.82. The van der Waals surface area contributed by atoms with E-state index in [1.807, 2.05) is 53.9 Å². The molecule has 190 valence electrons. The van der Waals surface area contributed by atoms with Crippen molar-refractivity contribution in [1.29, 1.82) is 0 Å². The van der Waals surface area contributed by atoms with Gasteiger partial charge in [0.15, 0.2) is 11.2 Å². The molecule has 1 aliphatic heterocycles. The van der Waals surface area contributed by atoms with E-state index >= 15 is 0 Å². The van der Waals surface area contributed by atoms with Crippen molar-refractivity contribution in [2.75, 3.05) is 11.9 Å². The first-order chi connectivity index (χ1) is 17.8. The van der Waals surface area contributed by atoms with Crippen molar-refractivity contribution >= 4 is 55.2 Å². The van der Waals surface area contributed by atoms with Gasteiger partial charge < -0.3 is 4.74 Å². The molecule has 1 unspecified atom stereocenters. The number of nitrogens with zero attached hydrogens (tertiary/aromatic N) is 3. The number of carbonyl (C=O) groups is 2. The van der Waals surface area contributed by atoms with Gasteiger partial charge in [0.25, 0.3) is 5.91 Å². The number of carbonyl (C=O) groups excluding carboxylic acids is 2. The fourth-order valence-electron chi connectivity index (χ4n) is 4.45. The fourth-order valence-corrected chi connectivity index (χ4v) is 5.44. The molecule has 1 amide bonds. The molecule has 0 aliphatic carbocycles. The number of para-hydroxylation sites is 1. The lowest BCUT2D eigenvalue weighted by Gasteiger charge is -2.32. The number of amides is 1. The standard InChI is InChI=1S/C28H27BrN4O3S/c1-16(2)33-13-12-23-21(14-33)25(20-6-4-5-7-22(20)30-23)27(35)36-17(3)26(34)32-28-31-24(15-37-28)18-8-10-19(29)11-9-18/h4-11,15-17H,12-14H2,1-3H3,(H,31,32,34). The summed E-state index contributed by atoms with van der Waals surface area (Å²) >= 11 is 4.75. The molecule has 0 radical (unpaired) electrons. The highest BCUT2D eigenvalue weighted by Crippen LogP contribution is 2.30. The number of pyridine rings is 1. The predicted octanol–water partition coefficient (Wildman–Crippen LogP) is 6.07. The van der Waals surface area contributed by atoms with E-state index < -0.39 is 18.0 Å². The van der Waals surface area contributed by atoms with Crippen LogP contribution >= 0.6 is 27.3 Å². The van der Waals surface area contributed by atoms with Crippen LogP contribution in [-0.4, -0.2) is 45.4 Å². The molecule has 9 heteroatoms. The Morgan fingerprint density at radius 1 is 1.08 bits per heavy atom. The van der Waals surface area contributed by atoms with Crippen molar-refractivity contribution < 1.29 is 14.3 Å². The zero-order chi connectivity index (χ0) is 26.1. The van der Waals surface area contributed by atoms with E-state index in [9.17, 15) is 9.59 Å². The smallest absolute Gasteiger partial charge is 0.339 e. The largest absolute Gasteiger partial charge is 0.449 e. The number of rotatable bonds is 6.